The fourth-order valence-corrected chi connectivity index (χ4v) is 9.29. The van der Waals surface area contributed by atoms with Crippen molar-refractivity contribution in [3.8, 4) is 5.75 Å². The van der Waals surface area contributed by atoms with Gasteiger partial charge < -0.3 is 29.5 Å². The predicted molar refractivity (Wildman–Crippen MR) is 157 cm³/mol. The van der Waals surface area contributed by atoms with E-state index in [2.05, 4.69) is 27.4 Å². The summed E-state index contributed by atoms with van der Waals surface area (Å²) in [4.78, 5) is 29.0. The van der Waals surface area contributed by atoms with Crippen LogP contribution in [0.4, 0.5) is 0 Å². The first-order chi connectivity index (χ1) is 19.2. The maximum absolute atomic E-state index is 13.8. The first-order valence-corrected chi connectivity index (χ1v) is 15.0. The monoisotopic (exact) mass is 567 g/mol. The minimum absolute atomic E-state index is 0.0779. The Kier molecular flexibility index (Phi) is 7.76. The summed E-state index contributed by atoms with van der Waals surface area (Å²) < 4.78 is 12.0. The fraction of sp³-hybridized carbons (Fsp3) is 0.688. The topological polar surface area (TPSA) is 117 Å². The predicted octanol–water partition coefficient (Wildman–Crippen LogP) is 3.41. The molecule has 0 amide bonds. The van der Waals surface area contributed by atoms with Crippen molar-refractivity contribution in [1.82, 2.24) is 4.90 Å². The first-order valence-electron chi connectivity index (χ1n) is 15.0. The van der Waals surface area contributed by atoms with Crippen LogP contribution in [0.5, 0.6) is 5.75 Å². The average molecular weight is 568 g/mol. The second-order valence-electron chi connectivity index (χ2n) is 14.1. The molecule has 2 bridgehead atoms. The van der Waals surface area contributed by atoms with Crippen molar-refractivity contribution >= 4 is 24.3 Å². The van der Waals surface area contributed by atoms with Crippen LogP contribution in [-0.4, -0.2) is 65.3 Å². The van der Waals surface area contributed by atoms with Crippen molar-refractivity contribution in [3.63, 3.8) is 0 Å². The first kappa shape index (κ1) is 30.3. The Morgan fingerprint density at radius 3 is 2.63 bits per heavy atom. The molecule has 0 radical (unpaired) electrons. The summed E-state index contributed by atoms with van der Waals surface area (Å²) >= 11 is 0. The summed E-state index contributed by atoms with van der Waals surface area (Å²) in [6.07, 6.45) is 2.91. The number of carbonyl (C=O) groups is 2. The summed E-state index contributed by atoms with van der Waals surface area (Å²) in [5.41, 5.74) is 0.548. The largest absolute Gasteiger partial charge is 0.491 e. The standard InChI is InChI=1S/C32H46BNO7/c1-8-30(4)15-23(31(5)18(2)9-11-32(19(3)28(30)36)12-10-25(35)27(31)32)26(29(37)38)41-21-13-20(16-34(6)7)22-17-40-33(39)24(22)14-21/h8,13-14,18-19,23,26-28,36,39H,1,9-12,15-17H2,2-7H3,(H,37,38)/t18-,19-,23-,26?,27-,28-,30+,31+,32-/m0/s1. The van der Waals surface area contributed by atoms with Gasteiger partial charge in [-0.05, 0) is 91.2 Å². The Morgan fingerprint density at radius 2 is 2.00 bits per heavy atom. The number of hydrogen-bond acceptors (Lipinski definition) is 7. The molecule has 9 heteroatoms. The van der Waals surface area contributed by atoms with E-state index in [-0.39, 0.29) is 30.1 Å². The van der Waals surface area contributed by atoms with Crippen LogP contribution in [-0.2, 0) is 27.4 Å². The van der Waals surface area contributed by atoms with Gasteiger partial charge in [0, 0.05) is 30.2 Å². The Morgan fingerprint density at radius 1 is 1.29 bits per heavy atom. The summed E-state index contributed by atoms with van der Waals surface area (Å²) in [6, 6.07) is 3.53. The van der Waals surface area contributed by atoms with Gasteiger partial charge in [0.2, 0.25) is 0 Å². The molecule has 0 spiro atoms. The highest BCUT2D eigenvalue weighted by molar-refractivity contribution is 6.61. The van der Waals surface area contributed by atoms with E-state index in [1.165, 1.54) is 0 Å². The lowest BCUT2D eigenvalue weighted by Crippen LogP contribution is -2.63. The van der Waals surface area contributed by atoms with Gasteiger partial charge in [-0.25, -0.2) is 4.79 Å². The number of rotatable bonds is 7. The third-order valence-corrected chi connectivity index (χ3v) is 11.8. The quantitative estimate of drug-likeness (QED) is 0.339. The van der Waals surface area contributed by atoms with Crippen LogP contribution < -0.4 is 10.2 Å². The molecule has 3 fully saturated rings. The number of ketones is 1. The number of aliphatic hydroxyl groups excluding tert-OH is 1. The highest BCUT2D eigenvalue weighted by Gasteiger charge is 2.69. The van der Waals surface area contributed by atoms with Gasteiger partial charge in [0.05, 0.1) is 12.7 Å². The van der Waals surface area contributed by atoms with Crippen LogP contribution in [0.1, 0.15) is 70.9 Å². The maximum atomic E-state index is 13.8. The Labute approximate surface area is 244 Å². The number of Topliss-reactive ketones (excluding diaryl/α,β-unsaturated/α-hetero) is 1. The van der Waals surface area contributed by atoms with Crippen molar-refractivity contribution in [3.05, 3.63) is 35.9 Å². The average Bonchev–Trinajstić information content (AvgIpc) is 3.47. The van der Waals surface area contributed by atoms with Crippen LogP contribution in [0.25, 0.3) is 0 Å². The Bertz CT molecular complexity index is 1240. The van der Waals surface area contributed by atoms with Crippen LogP contribution >= 0.6 is 0 Å². The lowest BCUT2D eigenvalue weighted by Gasteiger charge is -2.63. The van der Waals surface area contributed by atoms with E-state index in [1.54, 1.807) is 12.1 Å². The number of carboxylic acid groups (broad SMARTS) is 1. The van der Waals surface area contributed by atoms with Gasteiger partial charge in [0.25, 0.3) is 0 Å². The minimum atomic E-state index is -1.28. The number of aliphatic carboxylic acids is 1. The Hall–Kier alpha value is -2.20. The number of fused-ring (bicyclic) bond motifs is 1. The summed E-state index contributed by atoms with van der Waals surface area (Å²) in [5, 5.41) is 33.2. The van der Waals surface area contributed by atoms with E-state index in [9.17, 15) is 24.8 Å². The molecule has 1 aliphatic heterocycles. The van der Waals surface area contributed by atoms with Gasteiger partial charge in [0.15, 0.2) is 6.10 Å². The number of nitrogens with zero attached hydrogens (tertiary/aromatic N) is 1. The van der Waals surface area contributed by atoms with E-state index in [1.807, 2.05) is 32.0 Å². The molecule has 1 unspecified atom stereocenters. The summed E-state index contributed by atoms with van der Waals surface area (Å²) in [7, 11) is 2.78. The molecule has 3 aliphatic carbocycles. The maximum Gasteiger partial charge on any atom is 0.491 e. The Balaban J connectivity index is 1.66. The van der Waals surface area contributed by atoms with Crippen LogP contribution in [0.3, 0.4) is 0 Å². The zero-order valence-electron chi connectivity index (χ0n) is 25.4. The third kappa shape index (κ3) is 4.59. The van der Waals surface area contributed by atoms with Crippen LogP contribution in [0, 0.1) is 39.9 Å². The zero-order valence-corrected chi connectivity index (χ0v) is 25.4. The highest BCUT2D eigenvalue weighted by Crippen LogP contribution is 2.69. The molecule has 224 valence electrons. The van der Waals surface area contributed by atoms with Gasteiger partial charge in [-0.15, -0.1) is 6.58 Å². The summed E-state index contributed by atoms with van der Waals surface area (Å²) in [5.74, 6) is -1.57. The van der Waals surface area contributed by atoms with Crippen molar-refractivity contribution in [2.24, 2.45) is 39.9 Å². The van der Waals surface area contributed by atoms with E-state index >= 15 is 0 Å². The molecular weight excluding hydrogens is 521 g/mol. The molecule has 1 aromatic carbocycles. The minimum Gasteiger partial charge on any atom is -0.478 e. The normalized spacial score (nSPS) is 39.1. The van der Waals surface area contributed by atoms with Gasteiger partial charge in [-0.2, -0.15) is 0 Å². The second kappa shape index (κ2) is 10.5. The van der Waals surface area contributed by atoms with Crippen molar-refractivity contribution < 1.29 is 34.2 Å². The van der Waals surface area contributed by atoms with Crippen molar-refractivity contribution in [1.29, 1.82) is 0 Å². The number of ether oxygens (including phenoxy) is 1. The summed E-state index contributed by atoms with van der Waals surface area (Å²) in [6.45, 7) is 13.2. The number of aliphatic hydroxyl groups is 1. The van der Waals surface area contributed by atoms with Crippen molar-refractivity contribution in [2.75, 3.05) is 14.1 Å². The SMILES string of the molecule is C=C[C@]1(C)C[C@@H](C(Oc2cc(CN(C)C)c3c(c2)B(O)OC3)C(=O)O)[C@]2(C)[C@@H]3C(=O)CC[C@@]3(CC[C@@H]2C)[C@@H](C)[C@@H]1O. The molecule has 3 N–H and O–H groups in total. The number of carboxylic acids is 1. The smallest absolute Gasteiger partial charge is 0.478 e. The van der Waals surface area contributed by atoms with Gasteiger partial charge >= 0.3 is 13.1 Å². The molecule has 41 heavy (non-hydrogen) atoms. The molecule has 4 aliphatic rings. The van der Waals surface area contributed by atoms with Crippen LogP contribution in [0.2, 0.25) is 0 Å². The van der Waals surface area contributed by atoms with Gasteiger partial charge in [-0.3, -0.25) is 4.79 Å². The van der Waals surface area contributed by atoms with E-state index in [0.29, 0.717) is 37.0 Å². The number of carbonyl (C=O) groups excluding carboxylic acids is 1. The highest BCUT2D eigenvalue weighted by atomic mass is 16.5. The van der Waals surface area contributed by atoms with E-state index < -0.39 is 47.5 Å². The number of hydrogen-bond donors (Lipinski definition) is 3. The lowest BCUT2D eigenvalue weighted by atomic mass is 9.41. The molecule has 0 aromatic heterocycles. The molecule has 1 aromatic rings. The van der Waals surface area contributed by atoms with Gasteiger partial charge in [-0.1, -0.05) is 33.8 Å². The molecule has 1 heterocycles. The molecule has 0 saturated heterocycles. The lowest BCUT2D eigenvalue weighted by molar-refractivity contribution is -0.193. The van der Waals surface area contributed by atoms with E-state index in [0.717, 1.165) is 24.0 Å². The van der Waals surface area contributed by atoms with E-state index in [4.69, 9.17) is 9.39 Å². The van der Waals surface area contributed by atoms with Gasteiger partial charge in [0.1, 0.15) is 11.5 Å². The fourth-order valence-electron chi connectivity index (χ4n) is 9.29. The number of benzene rings is 1. The second-order valence-corrected chi connectivity index (χ2v) is 14.1. The molecule has 3 saturated carbocycles. The molecule has 5 rings (SSSR count). The van der Waals surface area contributed by atoms with Crippen LogP contribution in [0.15, 0.2) is 24.8 Å². The zero-order chi connectivity index (χ0) is 30.1. The van der Waals surface area contributed by atoms with Crippen molar-refractivity contribution in [2.45, 2.75) is 85.2 Å². The third-order valence-electron chi connectivity index (χ3n) is 11.8. The molecular formula is C32H46BNO7. The molecule has 9 atom stereocenters. The molecule has 8 nitrogen and oxygen atoms in total.